The van der Waals surface area contributed by atoms with Crippen LogP contribution in [0.15, 0.2) is 0 Å². The van der Waals surface area contributed by atoms with Crippen LogP contribution in [-0.2, 0) is 0 Å². The molecule has 17 heavy (non-hydrogen) atoms. The Balaban J connectivity index is 2.54. The fraction of sp³-hybridized carbons (Fsp3) is 1.00. The molecule has 102 valence electrons. The van der Waals surface area contributed by atoms with Crippen molar-refractivity contribution in [2.24, 2.45) is 5.73 Å². The van der Waals surface area contributed by atoms with Gasteiger partial charge in [0.15, 0.2) is 0 Å². The van der Waals surface area contributed by atoms with Gasteiger partial charge in [0.25, 0.3) is 0 Å². The van der Waals surface area contributed by atoms with Crippen LogP contribution in [0.5, 0.6) is 0 Å². The molecular weight excluding hydrogens is 210 g/mol. The predicted molar refractivity (Wildman–Crippen MR) is 75.3 cm³/mol. The van der Waals surface area contributed by atoms with Crippen molar-refractivity contribution in [2.45, 2.75) is 64.5 Å². The Labute approximate surface area is 107 Å². The Kier molecular flexibility index (Phi) is 6.45. The van der Waals surface area contributed by atoms with Crippen LogP contribution >= 0.6 is 0 Å². The van der Waals surface area contributed by atoms with Crippen LogP contribution in [0.25, 0.3) is 0 Å². The maximum absolute atomic E-state index is 6.05. The van der Waals surface area contributed by atoms with Crippen molar-refractivity contribution in [1.29, 1.82) is 0 Å². The smallest absolute Gasteiger partial charge is 0.0318 e. The van der Waals surface area contributed by atoms with Crippen LogP contribution in [0.4, 0.5) is 0 Å². The Morgan fingerprint density at radius 3 is 2.65 bits per heavy atom. The summed E-state index contributed by atoms with van der Waals surface area (Å²) in [5.41, 5.74) is 6.24. The summed E-state index contributed by atoms with van der Waals surface area (Å²) >= 11 is 0. The molecule has 1 aliphatic heterocycles. The van der Waals surface area contributed by atoms with Crippen LogP contribution in [0.1, 0.15) is 52.9 Å². The van der Waals surface area contributed by atoms with E-state index in [-0.39, 0.29) is 5.54 Å². The van der Waals surface area contributed by atoms with Crippen molar-refractivity contribution in [3.8, 4) is 0 Å². The monoisotopic (exact) mass is 241 g/mol. The molecule has 0 aliphatic carbocycles. The normalized spacial score (nSPS) is 28.9. The first-order valence-electron chi connectivity index (χ1n) is 7.36. The van der Waals surface area contributed by atoms with Gasteiger partial charge in [-0.1, -0.05) is 13.8 Å². The first-order valence-corrected chi connectivity index (χ1v) is 7.36. The summed E-state index contributed by atoms with van der Waals surface area (Å²) in [5.74, 6) is 0. The maximum atomic E-state index is 6.05. The lowest BCUT2D eigenvalue weighted by Gasteiger charge is -2.35. The van der Waals surface area contributed by atoms with Crippen molar-refractivity contribution in [1.82, 2.24) is 10.2 Å². The van der Waals surface area contributed by atoms with E-state index < -0.39 is 0 Å². The zero-order valence-corrected chi connectivity index (χ0v) is 12.0. The SMILES string of the molecule is CCCN1CCCC(CN)(NC(C)CC)CC1. The second-order valence-corrected chi connectivity index (χ2v) is 5.63. The van der Waals surface area contributed by atoms with E-state index in [0.29, 0.717) is 6.04 Å². The van der Waals surface area contributed by atoms with Gasteiger partial charge in [-0.2, -0.15) is 0 Å². The number of hydrogen-bond donors (Lipinski definition) is 2. The van der Waals surface area contributed by atoms with Gasteiger partial charge >= 0.3 is 0 Å². The third-order valence-corrected chi connectivity index (χ3v) is 4.13. The summed E-state index contributed by atoms with van der Waals surface area (Å²) < 4.78 is 0. The number of nitrogens with one attached hydrogen (secondary N) is 1. The lowest BCUT2D eigenvalue weighted by molar-refractivity contribution is 0.243. The van der Waals surface area contributed by atoms with E-state index in [0.717, 1.165) is 6.54 Å². The molecule has 0 spiro atoms. The molecule has 0 amide bonds. The Hall–Kier alpha value is -0.120. The summed E-state index contributed by atoms with van der Waals surface area (Å²) in [6.07, 6.45) is 6.15. The molecule has 0 saturated carbocycles. The largest absolute Gasteiger partial charge is 0.329 e. The standard InChI is InChI=1S/C14H31N3/c1-4-9-17-10-6-7-14(12-15,8-11-17)16-13(3)5-2/h13,16H,4-12,15H2,1-3H3. The molecule has 0 radical (unpaired) electrons. The van der Waals surface area contributed by atoms with Crippen LogP contribution in [0.2, 0.25) is 0 Å². The van der Waals surface area contributed by atoms with Crippen LogP contribution in [0.3, 0.4) is 0 Å². The van der Waals surface area contributed by atoms with Gasteiger partial charge < -0.3 is 16.0 Å². The maximum Gasteiger partial charge on any atom is 0.0318 e. The summed E-state index contributed by atoms with van der Waals surface area (Å²) in [6.45, 7) is 11.2. The van der Waals surface area contributed by atoms with Gasteiger partial charge in [0.2, 0.25) is 0 Å². The Morgan fingerprint density at radius 1 is 1.29 bits per heavy atom. The van der Waals surface area contributed by atoms with Gasteiger partial charge in [0, 0.05) is 18.1 Å². The number of nitrogens with zero attached hydrogens (tertiary/aromatic N) is 1. The van der Waals surface area contributed by atoms with Gasteiger partial charge in [0.05, 0.1) is 0 Å². The molecule has 1 heterocycles. The number of hydrogen-bond acceptors (Lipinski definition) is 3. The summed E-state index contributed by atoms with van der Waals surface area (Å²) in [7, 11) is 0. The van der Waals surface area contributed by atoms with Crippen LogP contribution < -0.4 is 11.1 Å². The lowest BCUT2D eigenvalue weighted by atomic mass is 9.89. The van der Waals surface area contributed by atoms with E-state index in [4.69, 9.17) is 5.73 Å². The zero-order chi connectivity index (χ0) is 12.7. The minimum absolute atomic E-state index is 0.192. The van der Waals surface area contributed by atoms with Gasteiger partial charge in [0.1, 0.15) is 0 Å². The lowest BCUT2D eigenvalue weighted by Crippen LogP contribution is -2.54. The molecule has 1 saturated heterocycles. The molecule has 3 heteroatoms. The van der Waals surface area contributed by atoms with E-state index in [2.05, 4.69) is 31.0 Å². The highest BCUT2D eigenvalue weighted by Gasteiger charge is 2.31. The van der Waals surface area contributed by atoms with Crippen LogP contribution in [-0.4, -0.2) is 42.7 Å². The third kappa shape index (κ3) is 4.57. The van der Waals surface area contributed by atoms with Gasteiger partial charge in [-0.3, -0.25) is 0 Å². The van der Waals surface area contributed by atoms with E-state index in [1.54, 1.807) is 0 Å². The summed E-state index contributed by atoms with van der Waals surface area (Å²) in [4.78, 5) is 2.59. The van der Waals surface area contributed by atoms with Crippen molar-refractivity contribution < 1.29 is 0 Å². The molecule has 1 aliphatic rings. The molecule has 1 fully saturated rings. The second-order valence-electron chi connectivity index (χ2n) is 5.63. The molecular formula is C14H31N3. The molecule has 0 aromatic rings. The van der Waals surface area contributed by atoms with Gasteiger partial charge in [-0.15, -0.1) is 0 Å². The molecule has 0 bridgehead atoms. The number of rotatable bonds is 6. The molecule has 2 atom stereocenters. The number of likely N-dealkylation sites (tertiary alicyclic amines) is 1. The van der Waals surface area contributed by atoms with Gasteiger partial charge in [-0.05, 0) is 58.7 Å². The molecule has 2 unspecified atom stereocenters. The van der Waals surface area contributed by atoms with E-state index >= 15 is 0 Å². The topological polar surface area (TPSA) is 41.3 Å². The second kappa shape index (κ2) is 7.34. The highest BCUT2D eigenvalue weighted by molar-refractivity contribution is 4.93. The zero-order valence-electron chi connectivity index (χ0n) is 12.0. The first kappa shape index (κ1) is 14.9. The average molecular weight is 241 g/mol. The molecule has 3 nitrogen and oxygen atoms in total. The van der Waals surface area contributed by atoms with E-state index in [1.165, 1.54) is 51.7 Å². The Bertz CT molecular complexity index is 208. The fourth-order valence-electron chi connectivity index (χ4n) is 2.82. The fourth-order valence-corrected chi connectivity index (χ4v) is 2.82. The van der Waals surface area contributed by atoms with Gasteiger partial charge in [-0.25, -0.2) is 0 Å². The predicted octanol–water partition coefficient (Wildman–Crippen LogP) is 1.97. The van der Waals surface area contributed by atoms with Crippen molar-refractivity contribution >= 4 is 0 Å². The molecule has 0 aromatic carbocycles. The van der Waals surface area contributed by atoms with E-state index in [9.17, 15) is 0 Å². The average Bonchev–Trinajstić information content (AvgIpc) is 2.53. The van der Waals surface area contributed by atoms with Crippen molar-refractivity contribution in [2.75, 3.05) is 26.2 Å². The molecule has 1 rings (SSSR count). The Morgan fingerprint density at radius 2 is 2.06 bits per heavy atom. The quantitative estimate of drug-likeness (QED) is 0.747. The number of nitrogens with two attached hydrogens (primary N) is 1. The van der Waals surface area contributed by atoms with E-state index in [1.807, 2.05) is 0 Å². The third-order valence-electron chi connectivity index (χ3n) is 4.13. The molecule has 3 N–H and O–H groups in total. The highest BCUT2D eigenvalue weighted by Crippen LogP contribution is 2.22. The summed E-state index contributed by atoms with van der Waals surface area (Å²) in [6, 6.07) is 0.580. The highest BCUT2D eigenvalue weighted by atomic mass is 15.1. The van der Waals surface area contributed by atoms with Crippen LogP contribution in [0, 0.1) is 0 Å². The minimum Gasteiger partial charge on any atom is -0.329 e. The van der Waals surface area contributed by atoms with Crippen molar-refractivity contribution in [3.63, 3.8) is 0 Å². The van der Waals surface area contributed by atoms with Crippen molar-refractivity contribution in [3.05, 3.63) is 0 Å². The summed E-state index contributed by atoms with van der Waals surface area (Å²) in [5, 5.41) is 3.78. The minimum atomic E-state index is 0.192. The molecule has 0 aromatic heterocycles. The first-order chi connectivity index (χ1) is 8.15.